The van der Waals surface area contributed by atoms with E-state index in [-0.39, 0.29) is 0 Å². The molecular weight excluding hydrogens is 224 g/mol. The van der Waals surface area contributed by atoms with Gasteiger partial charge in [0.1, 0.15) is 5.65 Å². The molecule has 3 aromatic rings. The molecule has 18 heavy (non-hydrogen) atoms. The minimum Gasteiger partial charge on any atom is -0.346 e. The van der Waals surface area contributed by atoms with Gasteiger partial charge in [-0.05, 0) is 36.6 Å². The first-order chi connectivity index (χ1) is 8.93. The van der Waals surface area contributed by atoms with Crippen LogP contribution in [-0.2, 0) is 0 Å². The molecule has 1 fully saturated rings. The van der Waals surface area contributed by atoms with Crippen LogP contribution in [0.1, 0.15) is 17.9 Å². The Morgan fingerprint density at radius 1 is 1.22 bits per heavy atom. The number of fused-ring (bicyclic) bond motifs is 3. The van der Waals surface area contributed by atoms with Gasteiger partial charge in [0, 0.05) is 29.7 Å². The van der Waals surface area contributed by atoms with Crippen LogP contribution in [0.3, 0.4) is 0 Å². The lowest BCUT2D eigenvalue weighted by Crippen LogP contribution is -2.08. The largest absolute Gasteiger partial charge is 0.346 e. The van der Waals surface area contributed by atoms with Gasteiger partial charge < -0.3 is 10.3 Å². The van der Waals surface area contributed by atoms with Crippen LogP contribution in [0.5, 0.6) is 0 Å². The van der Waals surface area contributed by atoms with Gasteiger partial charge in [0.05, 0.1) is 11.7 Å². The number of nitrogens with one attached hydrogen (secondary N) is 2. The number of aromatic nitrogens is 3. The standard InChI is InChI=1S/C14H14N4/c1-4-15-7-9(1)10-2-5-16-12-8-18-14-11(13(10)12)3-6-17-14/h2-3,5-6,8-9,15H,1,4,7H2,(H,17,18). The average Bonchev–Trinajstić information content (AvgIpc) is 3.09. The van der Waals surface area contributed by atoms with E-state index in [1.807, 2.05) is 18.6 Å². The molecule has 1 atom stereocenters. The fourth-order valence-electron chi connectivity index (χ4n) is 2.94. The predicted molar refractivity (Wildman–Crippen MR) is 71.6 cm³/mol. The lowest BCUT2D eigenvalue weighted by Gasteiger charge is -2.12. The quantitative estimate of drug-likeness (QED) is 0.683. The minimum absolute atomic E-state index is 0.594. The number of hydrogen-bond acceptors (Lipinski definition) is 3. The molecule has 3 aromatic heterocycles. The summed E-state index contributed by atoms with van der Waals surface area (Å²) in [5, 5.41) is 5.88. The van der Waals surface area contributed by atoms with Gasteiger partial charge in [-0.25, -0.2) is 4.98 Å². The van der Waals surface area contributed by atoms with Gasteiger partial charge in [-0.15, -0.1) is 0 Å². The van der Waals surface area contributed by atoms with Crippen molar-refractivity contribution in [3.05, 3.63) is 36.3 Å². The highest BCUT2D eigenvalue weighted by Gasteiger charge is 2.20. The van der Waals surface area contributed by atoms with E-state index in [1.165, 1.54) is 22.8 Å². The van der Waals surface area contributed by atoms with Crippen molar-refractivity contribution in [1.29, 1.82) is 0 Å². The van der Waals surface area contributed by atoms with Crippen molar-refractivity contribution in [3.8, 4) is 0 Å². The fourth-order valence-corrected chi connectivity index (χ4v) is 2.94. The van der Waals surface area contributed by atoms with Crippen LogP contribution in [-0.4, -0.2) is 28.0 Å². The molecule has 0 amide bonds. The smallest absolute Gasteiger partial charge is 0.137 e. The Morgan fingerprint density at radius 2 is 2.22 bits per heavy atom. The highest BCUT2D eigenvalue weighted by atomic mass is 14.9. The molecule has 0 radical (unpaired) electrons. The van der Waals surface area contributed by atoms with E-state index < -0.39 is 0 Å². The topological polar surface area (TPSA) is 53.6 Å². The zero-order valence-electron chi connectivity index (χ0n) is 9.98. The normalized spacial score (nSPS) is 19.9. The summed E-state index contributed by atoms with van der Waals surface area (Å²) in [6, 6.07) is 4.25. The van der Waals surface area contributed by atoms with Crippen molar-refractivity contribution in [1.82, 2.24) is 20.3 Å². The molecule has 0 spiro atoms. The SMILES string of the molecule is c1cc(C2CCNC2)c2c(cnc3[nH]ccc32)n1. The highest BCUT2D eigenvalue weighted by molar-refractivity contribution is 6.05. The summed E-state index contributed by atoms with van der Waals surface area (Å²) in [7, 11) is 0. The van der Waals surface area contributed by atoms with Gasteiger partial charge in [-0.2, -0.15) is 0 Å². The van der Waals surface area contributed by atoms with E-state index in [2.05, 4.69) is 32.4 Å². The van der Waals surface area contributed by atoms with Crippen molar-refractivity contribution >= 4 is 21.9 Å². The summed E-state index contributed by atoms with van der Waals surface area (Å²) in [5.41, 5.74) is 3.34. The second-order valence-corrected chi connectivity index (χ2v) is 4.85. The molecule has 2 N–H and O–H groups in total. The molecule has 0 aromatic carbocycles. The molecule has 90 valence electrons. The third kappa shape index (κ3) is 1.36. The molecule has 4 heterocycles. The second kappa shape index (κ2) is 3.78. The Hall–Kier alpha value is -1.94. The number of aromatic amines is 1. The van der Waals surface area contributed by atoms with E-state index >= 15 is 0 Å². The van der Waals surface area contributed by atoms with Gasteiger partial charge in [-0.1, -0.05) is 0 Å². The van der Waals surface area contributed by atoms with Gasteiger partial charge in [-0.3, -0.25) is 4.98 Å². The maximum atomic E-state index is 4.45. The molecule has 0 saturated carbocycles. The maximum absolute atomic E-state index is 4.45. The van der Waals surface area contributed by atoms with Gasteiger partial charge in [0.15, 0.2) is 0 Å². The number of hydrogen-bond donors (Lipinski definition) is 2. The Morgan fingerprint density at radius 3 is 3.11 bits per heavy atom. The lowest BCUT2D eigenvalue weighted by atomic mass is 9.94. The van der Waals surface area contributed by atoms with E-state index in [9.17, 15) is 0 Å². The first-order valence-corrected chi connectivity index (χ1v) is 6.35. The molecule has 1 saturated heterocycles. The van der Waals surface area contributed by atoms with E-state index in [0.29, 0.717) is 5.92 Å². The second-order valence-electron chi connectivity index (χ2n) is 4.85. The Bertz CT molecular complexity index is 710. The lowest BCUT2D eigenvalue weighted by molar-refractivity contribution is 0.769. The van der Waals surface area contributed by atoms with Crippen LogP contribution < -0.4 is 5.32 Å². The number of pyridine rings is 2. The van der Waals surface area contributed by atoms with Gasteiger partial charge in [0.2, 0.25) is 0 Å². The van der Waals surface area contributed by atoms with E-state index in [0.717, 1.165) is 24.3 Å². The first kappa shape index (κ1) is 10.0. The number of nitrogens with zero attached hydrogens (tertiary/aromatic N) is 2. The van der Waals surface area contributed by atoms with Gasteiger partial charge in [0.25, 0.3) is 0 Å². The Balaban J connectivity index is 2.08. The molecule has 0 bridgehead atoms. The van der Waals surface area contributed by atoms with Crippen LogP contribution >= 0.6 is 0 Å². The monoisotopic (exact) mass is 238 g/mol. The summed E-state index contributed by atoms with van der Waals surface area (Å²) in [5.74, 6) is 0.594. The zero-order chi connectivity index (χ0) is 11.9. The van der Waals surface area contributed by atoms with Crippen molar-refractivity contribution < 1.29 is 0 Å². The zero-order valence-corrected chi connectivity index (χ0v) is 9.98. The third-order valence-corrected chi connectivity index (χ3v) is 3.82. The van der Waals surface area contributed by atoms with Crippen LogP contribution in [0, 0.1) is 0 Å². The number of rotatable bonds is 1. The predicted octanol–water partition coefficient (Wildman–Crippen LogP) is 2.19. The summed E-state index contributed by atoms with van der Waals surface area (Å²) in [6.45, 7) is 2.17. The molecule has 4 rings (SSSR count). The Kier molecular flexibility index (Phi) is 2.11. The van der Waals surface area contributed by atoms with Crippen LogP contribution in [0.25, 0.3) is 21.9 Å². The summed E-state index contributed by atoms with van der Waals surface area (Å²) >= 11 is 0. The van der Waals surface area contributed by atoms with E-state index in [4.69, 9.17) is 0 Å². The third-order valence-electron chi connectivity index (χ3n) is 3.82. The van der Waals surface area contributed by atoms with Crippen LogP contribution in [0.2, 0.25) is 0 Å². The fraction of sp³-hybridized carbons (Fsp3) is 0.286. The van der Waals surface area contributed by atoms with Crippen LogP contribution in [0.15, 0.2) is 30.7 Å². The van der Waals surface area contributed by atoms with Crippen molar-refractivity contribution in [3.63, 3.8) is 0 Å². The Labute approximate surface area is 104 Å². The van der Waals surface area contributed by atoms with Crippen molar-refractivity contribution in [2.45, 2.75) is 12.3 Å². The van der Waals surface area contributed by atoms with Crippen molar-refractivity contribution in [2.24, 2.45) is 0 Å². The van der Waals surface area contributed by atoms with Crippen LogP contribution in [0.4, 0.5) is 0 Å². The molecule has 0 aliphatic carbocycles. The summed E-state index contributed by atoms with van der Waals surface area (Å²) in [6.07, 6.45) is 6.91. The number of H-pyrrole nitrogens is 1. The molecule has 1 aliphatic heterocycles. The molecule has 1 aliphatic rings. The summed E-state index contributed by atoms with van der Waals surface area (Å²) in [4.78, 5) is 12.0. The highest BCUT2D eigenvalue weighted by Crippen LogP contribution is 2.32. The van der Waals surface area contributed by atoms with Gasteiger partial charge >= 0.3 is 0 Å². The molecule has 4 heteroatoms. The first-order valence-electron chi connectivity index (χ1n) is 6.35. The van der Waals surface area contributed by atoms with Crippen molar-refractivity contribution in [2.75, 3.05) is 13.1 Å². The molecule has 4 nitrogen and oxygen atoms in total. The molecule has 1 unspecified atom stereocenters. The minimum atomic E-state index is 0.594. The average molecular weight is 238 g/mol. The summed E-state index contributed by atoms with van der Waals surface area (Å²) < 4.78 is 0. The maximum Gasteiger partial charge on any atom is 0.137 e. The molecular formula is C14H14N4. The van der Waals surface area contributed by atoms with E-state index in [1.54, 1.807) is 0 Å².